The van der Waals surface area contributed by atoms with E-state index in [0.29, 0.717) is 0 Å². The average Bonchev–Trinajstić information content (AvgIpc) is 2.74. The molecule has 0 aliphatic carbocycles. The quantitative estimate of drug-likeness (QED) is 0.922. The van der Waals surface area contributed by atoms with E-state index in [1.165, 1.54) is 29.2 Å². The lowest BCUT2D eigenvalue weighted by molar-refractivity contribution is 0.0695. The van der Waals surface area contributed by atoms with E-state index in [4.69, 9.17) is 5.11 Å². The summed E-state index contributed by atoms with van der Waals surface area (Å²) < 4.78 is 15.2. The molecule has 0 amide bonds. The van der Waals surface area contributed by atoms with Gasteiger partial charge in [-0.3, -0.25) is 0 Å². The number of carboxylic acid groups (broad SMARTS) is 1. The van der Waals surface area contributed by atoms with Crippen molar-refractivity contribution in [1.82, 2.24) is 9.55 Å². The maximum atomic E-state index is 13.8. The van der Waals surface area contributed by atoms with Gasteiger partial charge in [0, 0.05) is 12.4 Å². The molecule has 4 nitrogen and oxygen atoms in total. The third kappa shape index (κ3) is 1.71. The summed E-state index contributed by atoms with van der Waals surface area (Å²) in [6.45, 7) is 0. The Morgan fingerprint density at radius 2 is 2.25 bits per heavy atom. The predicted molar refractivity (Wildman–Crippen MR) is 58.2 cm³/mol. The molecule has 2 aromatic rings. The van der Waals surface area contributed by atoms with Crippen LogP contribution in [0, 0.1) is 5.82 Å². The summed E-state index contributed by atoms with van der Waals surface area (Å²) in [5.74, 6) is -1.80. The van der Waals surface area contributed by atoms with Crippen LogP contribution in [-0.4, -0.2) is 20.6 Å². The minimum Gasteiger partial charge on any atom is -0.478 e. The highest BCUT2D eigenvalue weighted by Gasteiger charge is 2.16. The fourth-order valence-corrected chi connectivity index (χ4v) is 1.81. The van der Waals surface area contributed by atoms with Gasteiger partial charge in [0.25, 0.3) is 0 Å². The van der Waals surface area contributed by atoms with Gasteiger partial charge in [0.1, 0.15) is 0 Å². The number of hydrogen-bond donors (Lipinski definition) is 1. The molecular weight excluding hydrogens is 279 g/mol. The molecule has 0 saturated heterocycles. The summed E-state index contributed by atoms with van der Waals surface area (Å²) in [5, 5.41) is 8.80. The van der Waals surface area contributed by atoms with Crippen molar-refractivity contribution in [2.24, 2.45) is 0 Å². The summed E-state index contributed by atoms with van der Waals surface area (Å²) in [6.07, 6.45) is 4.52. The van der Waals surface area contributed by atoms with Crippen molar-refractivity contribution >= 4 is 21.9 Å². The Hall–Kier alpha value is -1.69. The van der Waals surface area contributed by atoms with Gasteiger partial charge in [0.2, 0.25) is 0 Å². The molecule has 0 aliphatic heterocycles. The van der Waals surface area contributed by atoms with Gasteiger partial charge in [-0.05, 0) is 28.1 Å². The smallest absolute Gasteiger partial charge is 0.336 e. The second-order valence-electron chi connectivity index (χ2n) is 3.04. The fraction of sp³-hybridized carbons (Fsp3) is 0. The van der Waals surface area contributed by atoms with Crippen molar-refractivity contribution in [3.05, 3.63) is 46.7 Å². The van der Waals surface area contributed by atoms with Crippen LogP contribution in [0.3, 0.4) is 0 Å². The van der Waals surface area contributed by atoms with E-state index in [0.717, 1.165) is 0 Å². The van der Waals surface area contributed by atoms with Gasteiger partial charge in [-0.2, -0.15) is 0 Å². The van der Waals surface area contributed by atoms with Crippen molar-refractivity contribution in [2.75, 3.05) is 0 Å². The van der Waals surface area contributed by atoms with Crippen molar-refractivity contribution in [1.29, 1.82) is 0 Å². The zero-order chi connectivity index (χ0) is 11.7. The van der Waals surface area contributed by atoms with Gasteiger partial charge in [-0.1, -0.05) is 0 Å². The number of carbonyl (C=O) groups is 1. The van der Waals surface area contributed by atoms with Crippen LogP contribution in [0.15, 0.2) is 35.3 Å². The first kappa shape index (κ1) is 10.8. The molecule has 2 rings (SSSR count). The number of benzene rings is 1. The maximum absolute atomic E-state index is 13.8. The molecule has 0 bridgehead atoms. The standard InChI is InChI=1S/C10H6BrFN2O2/c11-8-6(10(15)16)1-2-7(9(8)12)14-4-3-13-5-14/h1-5H,(H,15,16). The Bertz CT molecular complexity index is 540. The van der Waals surface area contributed by atoms with Crippen LogP contribution >= 0.6 is 15.9 Å². The van der Waals surface area contributed by atoms with Crippen LogP contribution in [-0.2, 0) is 0 Å². The molecule has 0 atom stereocenters. The van der Waals surface area contributed by atoms with E-state index in [2.05, 4.69) is 20.9 Å². The third-order valence-corrected chi connectivity index (χ3v) is 2.85. The largest absolute Gasteiger partial charge is 0.478 e. The molecule has 0 unspecified atom stereocenters. The molecule has 0 aliphatic rings. The number of halogens is 2. The topological polar surface area (TPSA) is 55.1 Å². The second-order valence-corrected chi connectivity index (χ2v) is 3.83. The Morgan fingerprint density at radius 1 is 1.50 bits per heavy atom. The third-order valence-electron chi connectivity index (χ3n) is 2.07. The van der Waals surface area contributed by atoms with Crippen LogP contribution in [0.5, 0.6) is 0 Å². The summed E-state index contributed by atoms with van der Waals surface area (Å²) in [6, 6.07) is 2.73. The zero-order valence-corrected chi connectivity index (χ0v) is 9.48. The van der Waals surface area contributed by atoms with Gasteiger partial charge < -0.3 is 9.67 Å². The van der Waals surface area contributed by atoms with Gasteiger partial charge >= 0.3 is 5.97 Å². The van der Waals surface area contributed by atoms with Crippen LogP contribution in [0.1, 0.15) is 10.4 Å². The van der Waals surface area contributed by atoms with E-state index in [1.807, 2.05) is 0 Å². The van der Waals surface area contributed by atoms with Crippen LogP contribution < -0.4 is 0 Å². The van der Waals surface area contributed by atoms with E-state index in [-0.39, 0.29) is 15.7 Å². The van der Waals surface area contributed by atoms with E-state index in [1.54, 1.807) is 6.20 Å². The fourth-order valence-electron chi connectivity index (χ4n) is 1.31. The van der Waals surface area contributed by atoms with E-state index in [9.17, 15) is 9.18 Å². The van der Waals surface area contributed by atoms with Crippen LogP contribution in [0.2, 0.25) is 0 Å². The number of nitrogens with zero attached hydrogens (tertiary/aromatic N) is 2. The summed E-state index contributed by atoms with van der Waals surface area (Å²) in [7, 11) is 0. The molecule has 1 aromatic heterocycles. The SMILES string of the molecule is O=C(O)c1ccc(-n2ccnc2)c(F)c1Br. The number of aromatic carboxylic acids is 1. The maximum Gasteiger partial charge on any atom is 0.336 e. The molecule has 1 N–H and O–H groups in total. The number of imidazole rings is 1. The molecular formula is C10H6BrFN2O2. The molecule has 1 aromatic carbocycles. The molecule has 82 valence electrons. The monoisotopic (exact) mass is 284 g/mol. The van der Waals surface area contributed by atoms with Crippen molar-refractivity contribution < 1.29 is 14.3 Å². The molecule has 0 fully saturated rings. The van der Waals surface area contributed by atoms with Crippen LogP contribution in [0.25, 0.3) is 5.69 Å². The molecule has 0 saturated carbocycles. The molecule has 0 radical (unpaired) electrons. The first-order chi connectivity index (χ1) is 7.61. The highest BCUT2D eigenvalue weighted by molar-refractivity contribution is 9.10. The minimum absolute atomic E-state index is 0.0637. The summed E-state index contributed by atoms with van der Waals surface area (Å²) in [5.41, 5.74) is 0.135. The first-order valence-electron chi connectivity index (χ1n) is 4.31. The minimum atomic E-state index is -1.18. The van der Waals surface area contributed by atoms with E-state index >= 15 is 0 Å². The highest BCUT2D eigenvalue weighted by Crippen LogP contribution is 2.26. The lowest BCUT2D eigenvalue weighted by atomic mass is 10.2. The van der Waals surface area contributed by atoms with Crippen molar-refractivity contribution in [2.45, 2.75) is 0 Å². The number of hydrogen-bond acceptors (Lipinski definition) is 2. The van der Waals surface area contributed by atoms with Gasteiger partial charge in [-0.25, -0.2) is 14.2 Å². The molecule has 6 heteroatoms. The average molecular weight is 285 g/mol. The summed E-state index contributed by atoms with van der Waals surface area (Å²) in [4.78, 5) is 14.5. The van der Waals surface area contributed by atoms with Gasteiger partial charge in [0.15, 0.2) is 5.82 Å². The molecule has 0 spiro atoms. The number of rotatable bonds is 2. The number of carboxylic acids is 1. The number of aromatic nitrogens is 2. The van der Waals surface area contributed by atoms with E-state index < -0.39 is 11.8 Å². The lowest BCUT2D eigenvalue weighted by Gasteiger charge is -2.07. The highest BCUT2D eigenvalue weighted by atomic mass is 79.9. The van der Waals surface area contributed by atoms with Gasteiger partial charge in [0.05, 0.1) is 22.1 Å². The van der Waals surface area contributed by atoms with Gasteiger partial charge in [-0.15, -0.1) is 0 Å². The molecule has 1 heterocycles. The Morgan fingerprint density at radius 3 is 2.81 bits per heavy atom. The van der Waals surface area contributed by atoms with Crippen molar-refractivity contribution in [3.63, 3.8) is 0 Å². The second kappa shape index (κ2) is 4.05. The van der Waals surface area contributed by atoms with Crippen LogP contribution in [0.4, 0.5) is 4.39 Å². The zero-order valence-electron chi connectivity index (χ0n) is 7.89. The summed E-state index contributed by atoms with van der Waals surface area (Å²) >= 11 is 2.93. The lowest BCUT2D eigenvalue weighted by Crippen LogP contribution is -2.03. The normalized spacial score (nSPS) is 10.4. The predicted octanol–water partition coefficient (Wildman–Crippen LogP) is 2.47. The molecule has 16 heavy (non-hydrogen) atoms. The van der Waals surface area contributed by atoms with Crippen molar-refractivity contribution in [3.8, 4) is 5.69 Å². The Labute approximate surface area is 98.5 Å². The first-order valence-corrected chi connectivity index (χ1v) is 5.10. The Kier molecular flexibility index (Phi) is 2.74. The Balaban J connectivity index is 2.60.